The molecule has 0 aromatic heterocycles. The zero-order valence-electron chi connectivity index (χ0n) is 11.3. The van der Waals surface area contributed by atoms with E-state index in [1.165, 1.54) is 32.1 Å². The van der Waals surface area contributed by atoms with E-state index in [1.807, 2.05) is 30.3 Å². The summed E-state index contributed by atoms with van der Waals surface area (Å²) in [5, 5.41) is 3.06. The highest BCUT2D eigenvalue weighted by Gasteiger charge is 2.37. The maximum atomic E-state index is 12.3. The Morgan fingerprint density at radius 2 is 1.95 bits per heavy atom. The van der Waals surface area contributed by atoms with Gasteiger partial charge in [0, 0.05) is 19.1 Å². The van der Waals surface area contributed by atoms with Crippen molar-refractivity contribution in [3.8, 4) is 0 Å². The highest BCUT2D eigenvalue weighted by atomic mass is 16.2. The van der Waals surface area contributed by atoms with Crippen molar-refractivity contribution in [2.75, 3.05) is 6.54 Å². The second kappa shape index (κ2) is 5.64. The first kappa shape index (κ1) is 12.5. The quantitative estimate of drug-likeness (QED) is 0.887. The van der Waals surface area contributed by atoms with E-state index in [4.69, 9.17) is 0 Å². The molecule has 1 aliphatic carbocycles. The molecule has 1 heterocycles. The topological polar surface area (TPSA) is 32.3 Å². The molecular formula is C16H22N2O. The molecule has 1 unspecified atom stereocenters. The summed E-state index contributed by atoms with van der Waals surface area (Å²) in [7, 11) is 0. The van der Waals surface area contributed by atoms with Crippen molar-refractivity contribution in [2.24, 2.45) is 5.92 Å². The van der Waals surface area contributed by atoms with E-state index in [2.05, 4.69) is 10.2 Å². The van der Waals surface area contributed by atoms with Crippen LogP contribution in [0.25, 0.3) is 0 Å². The fraction of sp³-hybridized carbons (Fsp3) is 0.562. The number of nitrogens with zero attached hydrogens (tertiary/aromatic N) is 1. The number of urea groups is 1. The lowest BCUT2D eigenvalue weighted by Crippen LogP contribution is -2.46. The van der Waals surface area contributed by atoms with Gasteiger partial charge >= 0.3 is 6.03 Å². The molecule has 1 aliphatic heterocycles. The number of benzene rings is 1. The molecule has 3 nitrogen and oxygen atoms in total. The highest BCUT2D eigenvalue weighted by Crippen LogP contribution is 2.37. The molecule has 2 aliphatic rings. The van der Waals surface area contributed by atoms with E-state index in [0.29, 0.717) is 12.6 Å². The number of likely N-dealkylation sites (tertiary alicyclic amines) is 1. The molecule has 0 radical (unpaired) electrons. The zero-order valence-corrected chi connectivity index (χ0v) is 11.3. The van der Waals surface area contributed by atoms with Crippen molar-refractivity contribution < 1.29 is 4.79 Å². The van der Waals surface area contributed by atoms with E-state index < -0.39 is 0 Å². The van der Waals surface area contributed by atoms with Crippen LogP contribution in [0, 0.1) is 5.92 Å². The van der Waals surface area contributed by atoms with E-state index in [1.54, 1.807) is 0 Å². The first-order valence-corrected chi connectivity index (χ1v) is 7.43. The Kier molecular flexibility index (Phi) is 3.72. The minimum atomic E-state index is 0.123. The van der Waals surface area contributed by atoms with E-state index in [-0.39, 0.29) is 6.03 Å². The van der Waals surface area contributed by atoms with Crippen LogP contribution in [-0.2, 0) is 6.54 Å². The number of hydrogen-bond acceptors (Lipinski definition) is 1. The van der Waals surface area contributed by atoms with Gasteiger partial charge in [0.05, 0.1) is 0 Å². The Balaban J connectivity index is 1.54. The third kappa shape index (κ3) is 2.75. The third-order valence-electron chi connectivity index (χ3n) is 4.54. The smallest absolute Gasteiger partial charge is 0.317 e. The van der Waals surface area contributed by atoms with Crippen LogP contribution in [0.15, 0.2) is 30.3 Å². The van der Waals surface area contributed by atoms with Crippen molar-refractivity contribution in [1.82, 2.24) is 10.2 Å². The number of carbonyl (C=O) groups excluding carboxylic acids is 1. The lowest BCUT2D eigenvalue weighted by molar-refractivity contribution is 0.139. The molecule has 1 saturated heterocycles. The van der Waals surface area contributed by atoms with Gasteiger partial charge in [0.25, 0.3) is 0 Å². The van der Waals surface area contributed by atoms with Crippen molar-refractivity contribution in [3.05, 3.63) is 35.9 Å². The molecule has 0 bridgehead atoms. The SMILES string of the molecule is O=C(NCc1ccccc1)N1CCCC1C1CCC1. The van der Waals surface area contributed by atoms with Gasteiger partial charge in [-0.25, -0.2) is 4.79 Å². The Bertz CT molecular complexity index is 428. The first-order chi connectivity index (χ1) is 9.34. The predicted molar refractivity (Wildman–Crippen MR) is 75.7 cm³/mol. The highest BCUT2D eigenvalue weighted by molar-refractivity contribution is 5.74. The fourth-order valence-corrected chi connectivity index (χ4v) is 3.23. The van der Waals surface area contributed by atoms with Gasteiger partial charge in [0.15, 0.2) is 0 Å². The number of nitrogens with one attached hydrogen (secondary N) is 1. The lowest BCUT2D eigenvalue weighted by atomic mass is 9.79. The molecule has 102 valence electrons. The molecule has 1 N–H and O–H groups in total. The Morgan fingerprint density at radius 3 is 2.63 bits per heavy atom. The average molecular weight is 258 g/mol. The Labute approximate surface area is 115 Å². The zero-order chi connectivity index (χ0) is 13.1. The van der Waals surface area contributed by atoms with Gasteiger partial charge in [0.1, 0.15) is 0 Å². The number of hydrogen-bond donors (Lipinski definition) is 1. The largest absolute Gasteiger partial charge is 0.334 e. The van der Waals surface area contributed by atoms with Gasteiger partial charge in [-0.05, 0) is 37.2 Å². The summed E-state index contributed by atoms with van der Waals surface area (Å²) in [6.45, 7) is 1.56. The van der Waals surface area contributed by atoms with Crippen molar-refractivity contribution in [3.63, 3.8) is 0 Å². The third-order valence-corrected chi connectivity index (χ3v) is 4.54. The lowest BCUT2D eigenvalue weighted by Gasteiger charge is -2.36. The van der Waals surface area contributed by atoms with Crippen LogP contribution in [0.2, 0.25) is 0 Å². The van der Waals surface area contributed by atoms with E-state index in [0.717, 1.165) is 18.0 Å². The molecule has 0 spiro atoms. The monoisotopic (exact) mass is 258 g/mol. The normalized spacial score (nSPS) is 23.2. The summed E-state index contributed by atoms with van der Waals surface area (Å²) < 4.78 is 0. The summed E-state index contributed by atoms with van der Waals surface area (Å²) in [5.41, 5.74) is 1.16. The second-order valence-corrected chi connectivity index (χ2v) is 5.74. The molecular weight excluding hydrogens is 236 g/mol. The molecule has 19 heavy (non-hydrogen) atoms. The van der Waals surface area contributed by atoms with Gasteiger partial charge in [-0.3, -0.25) is 0 Å². The van der Waals surface area contributed by atoms with Crippen LogP contribution in [0.1, 0.15) is 37.7 Å². The van der Waals surface area contributed by atoms with Crippen LogP contribution in [0.5, 0.6) is 0 Å². The second-order valence-electron chi connectivity index (χ2n) is 5.74. The van der Waals surface area contributed by atoms with E-state index in [9.17, 15) is 4.79 Å². The molecule has 1 aromatic rings. The molecule has 2 amide bonds. The minimum Gasteiger partial charge on any atom is -0.334 e. The Hall–Kier alpha value is -1.51. The minimum absolute atomic E-state index is 0.123. The molecule has 1 aromatic carbocycles. The summed E-state index contributed by atoms with van der Waals surface area (Å²) in [6.07, 6.45) is 6.34. The molecule has 1 saturated carbocycles. The summed E-state index contributed by atoms with van der Waals surface area (Å²) in [6, 6.07) is 10.7. The van der Waals surface area contributed by atoms with Gasteiger partial charge in [-0.1, -0.05) is 36.8 Å². The average Bonchev–Trinajstić information content (AvgIpc) is 2.84. The maximum Gasteiger partial charge on any atom is 0.317 e. The van der Waals surface area contributed by atoms with E-state index >= 15 is 0 Å². The van der Waals surface area contributed by atoms with Crippen LogP contribution in [0.3, 0.4) is 0 Å². The van der Waals surface area contributed by atoms with Gasteiger partial charge in [-0.2, -0.15) is 0 Å². The van der Waals surface area contributed by atoms with Gasteiger partial charge in [0.2, 0.25) is 0 Å². The number of rotatable bonds is 3. The maximum absolute atomic E-state index is 12.3. The predicted octanol–water partition coefficient (Wildman–Crippen LogP) is 3.16. The standard InChI is InChI=1S/C16H22N2O/c19-16(17-12-13-6-2-1-3-7-13)18-11-5-10-15(18)14-8-4-9-14/h1-3,6-7,14-15H,4-5,8-12H2,(H,17,19). The number of carbonyl (C=O) groups is 1. The first-order valence-electron chi connectivity index (χ1n) is 7.43. The van der Waals surface area contributed by atoms with Crippen LogP contribution < -0.4 is 5.32 Å². The molecule has 2 fully saturated rings. The van der Waals surface area contributed by atoms with Crippen molar-refractivity contribution >= 4 is 6.03 Å². The van der Waals surface area contributed by atoms with Crippen LogP contribution in [0.4, 0.5) is 4.79 Å². The number of amides is 2. The summed E-state index contributed by atoms with van der Waals surface area (Å²) >= 11 is 0. The van der Waals surface area contributed by atoms with Crippen molar-refractivity contribution in [1.29, 1.82) is 0 Å². The molecule has 3 heteroatoms. The van der Waals surface area contributed by atoms with Gasteiger partial charge in [-0.15, -0.1) is 0 Å². The van der Waals surface area contributed by atoms with Crippen LogP contribution in [-0.4, -0.2) is 23.5 Å². The van der Waals surface area contributed by atoms with Crippen LogP contribution >= 0.6 is 0 Å². The Morgan fingerprint density at radius 1 is 1.16 bits per heavy atom. The molecule has 1 atom stereocenters. The van der Waals surface area contributed by atoms with Gasteiger partial charge < -0.3 is 10.2 Å². The summed E-state index contributed by atoms with van der Waals surface area (Å²) in [5.74, 6) is 0.768. The molecule has 3 rings (SSSR count). The van der Waals surface area contributed by atoms with Crippen molar-refractivity contribution in [2.45, 2.75) is 44.7 Å². The fourth-order valence-electron chi connectivity index (χ4n) is 3.23. The summed E-state index contributed by atoms with van der Waals surface area (Å²) in [4.78, 5) is 14.4.